The van der Waals surface area contributed by atoms with Crippen molar-refractivity contribution in [2.45, 2.75) is 35.6 Å². The Morgan fingerprint density at radius 1 is 1.03 bits per heavy atom. The summed E-state index contributed by atoms with van der Waals surface area (Å²) >= 11 is 1.82. The smallest absolute Gasteiger partial charge is 0.319 e. The van der Waals surface area contributed by atoms with Crippen molar-refractivity contribution in [3.8, 4) is 11.3 Å². The number of aromatic nitrogens is 1. The number of halogens is 2. The van der Waals surface area contributed by atoms with Gasteiger partial charge >= 0.3 is 6.03 Å². The predicted octanol–water partition coefficient (Wildman–Crippen LogP) is 5.81. The van der Waals surface area contributed by atoms with Gasteiger partial charge in [0.1, 0.15) is 0 Å². The minimum absolute atomic E-state index is 0.157. The number of methoxy groups -OCH3 is 1. The van der Waals surface area contributed by atoms with Gasteiger partial charge in [-0.3, -0.25) is 4.90 Å². The van der Waals surface area contributed by atoms with Crippen molar-refractivity contribution in [3.05, 3.63) is 78.4 Å². The van der Waals surface area contributed by atoms with Crippen LogP contribution in [-0.2, 0) is 4.74 Å². The number of carbonyl (C=O) groups excluding carboxylic acids is 1. The predicted molar refractivity (Wildman–Crippen MR) is 144 cm³/mol. The van der Waals surface area contributed by atoms with E-state index in [-0.39, 0.29) is 12.1 Å². The molecular weight excluding hydrogens is 494 g/mol. The lowest BCUT2D eigenvalue weighted by Crippen LogP contribution is -2.40. The molecule has 2 aromatic carbocycles. The fourth-order valence-corrected chi connectivity index (χ4v) is 4.94. The summed E-state index contributed by atoms with van der Waals surface area (Å²) < 4.78 is 29.0. The minimum Gasteiger partial charge on any atom is -0.383 e. The van der Waals surface area contributed by atoms with Crippen LogP contribution in [0.2, 0.25) is 0 Å². The molecular formula is C28H32F2N4O2S. The third-order valence-corrected chi connectivity index (χ3v) is 7.29. The second-order valence-electron chi connectivity index (χ2n) is 9.02. The van der Waals surface area contributed by atoms with Gasteiger partial charge in [-0.25, -0.2) is 18.6 Å². The van der Waals surface area contributed by atoms with E-state index in [1.54, 1.807) is 7.11 Å². The zero-order valence-corrected chi connectivity index (χ0v) is 21.6. The van der Waals surface area contributed by atoms with E-state index in [2.05, 4.69) is 15.5 Å². The van der Waals surface area contributed by atoms with Crippen molar-refractivity contribution in [1.82, 2.24) is 15.2 Å². The Bertz CT molecular complexity index is 1140. The van der Waals surface area contributed by atoms with Crippen molar-refractivity contribution in [2.24, 2.45) is 0 Å². The Morgan fingerprint density at radius 3 is 2.38 bits per heavy atom. The molecule has 1 unspecified atom stereocenters. The summed E-state index contributed by atoms with van der Waals surface area (Å²) in [5.41, 5.74) is 2.57. The average Bonchev–Trinajstić information content (AvgIpc) is 3.62. The van der Waals surface area contributed by atoms with Crippen LogP contribution < -0.4 is 10.6 Å². The van der Waals surface area contributed by atoms with Crippen LogP contribution in [0.15, 0.2) is 71.8 Å². The lowest BCUT2D eigenvalue weighted by atomic mass is 10.1. The number of benzene rings is 2. The van der Waals surface area contributed by atoms with Crippen LogP contribution in [0.3, 0.4) is 0 Å². The van der Waals surface area contributed by atoms with Gasteiger partial charge in [-0.15, -0.1) is 11.8 Å². The van der Waals surface area contributed by atoms with Gasteiger partial charge in [-0.05, 0) is 43.5 Å². The molecule has 0 spiro atoms. The number of carbonyl (C=O) groups is 1. The number of nitrogens with zero attached hydrogens (tertiary/aromatic N) is 2. The van der Waals surface area contributed by atoms with Crippen LogP contribution in [0.5, 0.6) is 0 Å². The summed E-state index contributed by atoms with van der Waals surface area (Å²) in [6.45, 7) is 3.46. The van der Waals surface area contributed by atoms with E-state index >= 15 is 0 Å². The number of rotatable bonds is 8. The molecule has 37 heavy (non-hydrogen) atoms. The number of amides is 2. The molecule has 196 valence electrons. The second kappa shape index (κ2) is 13.5. The molecule has 9 heteroatoms. The Hall–Kier alpha value is -3.01. The van der Waals surface area contributed by atoms with Gasteiger partial charge in [0.25, 0.3) is 0 Å². The molecule has 2 amide bonds. The average molecular weight is 527 g/mol. The van der Waals surface area contributed by atoms with Gasteiger partial charge in [-0.2, -0.15) is 0 Å². The van der Waals surface area contributed by atoms with E-state index in [0.29, 0.717) is 5.25 Å². The molecule has 1 aliphatic carbocycles. The highest BCUT2D eigenvalue weighted by Gasteiger charge is 2.25. The number of thioether (sulfide) groups is 1. The molecule has 1 saturated carbocycles. The maximum atomic E-state index is 12.6. The fourth-order valence-electron chi connectivity index (χ4n) is 3.94. The van der Waals surface area contributed by atoms with Crippen LogP contribution in [-0.4, -0.2) is 60.6 Å². The third-order valence-electron chi connectivity index (χ3n) is 6.02. The highest BCUT2D eigenvalue weighted by molar-refractivity contribution is 8.00. The van der Waals surface area contributed by atoms with E-state index in [1.165, 1.54) is 25.0 Å². The maximum absolute atomic E-state index is 12.6. The Kier molecular flexibility index (Phi) is 9.87. The minimum atomic E-state index is -0.799. The standard InChI is InChI=1S/C22H28N4O2S.C6H4F2/c1-28-14-13-26-12-11-17(15-26)23-22(27)24-19-9-10-20(29-18-7-8-18)25-21(19)16-5-3-2-4-6-16;7-5-3-1-2-4-6(5)8/h2-6,9-10,17-18H,7-8,11-15H2,1H3,(H2,23,24,27);1-4H. The molecule has 5 rings (SSSR count). The first kappa shape index (κ1) is 27.0. The number of likely N-dealkylation sites (tertiary alicyclic amines) is 1. The molecule has 3 aromatic rings. The number of nitrogens with one attached hydrogen (secondary N) is 2. The summed E-state index contributed by atoms with van der Waals surface area (Å²) in [5.74, 6) is -1.60. The van der Waals surface area contributed by atoms with Crippen molar-refractivity contribution >= 4 is 23.5 Å². The normalized spacial score (nSPS) is 17.1. The lowest BCUT2D eigenvalue weighted by molar-refractivity contribution is 0.160. The monoisotopic (exact) mass is 526 g/mol. The Morgan fingerprint density at radius 2 is 1.73 bits per heavy atom. The second-order valence-corrected chi connectivity index (χ2v) is 10.3. The number of ether oxygens (including phenoxy) is 1. The summed E-state index contributed by atoms with van der Waals surface area (Å²) in [6, 6.07) is 19.0. The van der Waals surface area contributed by atoms with E-state index < -0.39 is 11.6 Å². The third kappa shape index (κ3) is 8.52. The molecule has 2 heterocycles. The van der Waals surface area contributed by atoms with Crippen molar-refractivity contribution < 1.29 is 18.3 Å². The van der Waals surface area contributed by atoms with Crippen LogP contribution in [0, 0.1) is 11.6 Å². The Labute approximate surface area is 220 Å². The first-order chi connectivity index (χ1) is 18.0. The zero-order chi connectivity index (χ0) is 26.0. The topological polar surface area (TPSA) is 66.5 Å². The highest BCUT2D eigenvalue weighted by atomic mass is 32.2. The van der Waals surface area contributed by atoms with Gasteiger partial charge in [-0.1, -0.05) is 42.5 Å². The molecule has 2 aliphatic rings. The molecule has 0 radical (unpaired) electrons. The van der Waals surface area contributed by atoms with Crippen molar-refractivity contribution in [2.75, 3.05) is 38.7 Å². The van der Waals surface area contributed by atoms with Crippen LogP contribution >= 0.6 is 11.8 Å². The van der Waals surface area contributed by atoms with E-state index in [0.717, 1.165) is 66.8 Å². The largest absolute Gasteiger partial charge is 0.383 e. The van der Waals surface area contributed by atoms with Crippen LogP contribution in [0.4, 0.5) is 19.3 Å². The van der Waals surface area contributed by atoms with E-state index in [1.807, 2.05) is 54.2 Å². The summed E-state index contributed by atoms with van der Waals surface area (Å²) in [6.07, 6.45) is 3.48. The molecule has 2 fully saturated rings. The van der Waals surface area contributed by atoms with Gasteiger partial charge < -0.3 is 15.4 Å². The quantitative estimate of drug-likeness (QED) is 0.388. The molecule has 1 aromatic heterocycles. The van der Waals surface area contributed by atoms with Gasteiger partial charge in [0.05, 0.1) is 23.0 Å². The van der Waals surface area contributed by atoms with Gasteiger partial charge in [0, 0.05) is 43.6 Å². The van der Waals surface area contributed by atoms with Gasteiger partial charge in [0.15, 0.2) is 11.6 Å². The molecule has 0 bridgehead atoms. The molecule has 1 saturated heterocycles. The zero-order valence-electron chi connectivity index (χ0n) is 20.8. The van der Waals surface area contributed by atoms with Crippen molar-refractivity contribution in [1.29, 1.82) is 0 Å². The fraction of sp³-hybridized carbons (Fsp3) is 0.357. The van der Waals surface area contributed by atoms with Crippen LogP contribution in [0.1, 0.15) is 19.3 Å². The maximum Gasteiger partial charge on any atom is 0.319 e. The molecule has 2 N–H and O–H groups in total. The first-order valence-electron chi connectivity index (χ1n) is 12.4. The number of urea groups is 1. The number of anilines is 1. The van der Waals surface area contributed by atoms with E-state index in [4.69, 9.17) is 9.72 Å². The number of pyridine rings is 1. The van der Waals surface area contributed by atoms with Crippen molar-refractivity contribution in [3.63, 3.8) is 0 Å². The van der Waals surface area contributed by atoms with E-state index in [9.17, 15) is 13.6 Å². The molecule has 1 atom stereocenters. The Balaban J connectivity index is 0.000000342. The van der Waals surface area contributed by atoms with Crippen LogP contribution in [0.25, 0.3) is 11.3 Å². The highest BCUT2D eigenvalue weighted by Crippen LogP contribution is 2.39. The number of hydrogen-bond donors (Lipinski definition) is 2. The SMILES string of the molecule is COCCN1CCC(NC(=O)Nc2ccc(SC3CC3)nc2-c2ccccc2)C1.Fc1ccccc1F. The number of hydrogen-bond acceptors (Lipinski definition) is 5. The summed E-state index contributed by atoms with van der Waals surface area (Å²) in [5, 5.41) is 7.84. The summed E-state index contributed by atoms with van der Waals surface area (Å²) in [7, 11) is 1.71. The summed E-state index contributed by atoms with van der Waals surface area (Å²) in [4.78, 5) is 19.8. The first-order valence-corrected chi connectivity index (χ1v) is 13.3. The van der Waals surface area contributed by atoms with Gasteiger partial charge in [0.2, 0.25) is 0 Å². The molecule has 1 aliphatic heterocycles. The molecule has 6 nitrogen and oxygen atoms in total. The lowest BCUT2D eigenvalue weighted by Gasteiger charge is -2.17.